The van der Waals surface area contributed by atoms with Gasteiger partial charge in [0.2, 0.25) is 0 Å². The number of urea groups is 1. The molecule has 0 aromatic rings. The smallest absolute Gasteiger partial charge is 0.315 e. The number of carbonyl (C=O) groups excluding carboxylic acids is 2. The van der Waals surface area contributed by atoms with Crippen molar-refractivity contribution < 1.29 is 58.4 Å². The van der Waals surface area contributed by atoms with Crippen LogP contribution < -0.4 is 22.1 Å². The van der Waals surface area contributed by atoms with Crippen LogP contribution in [0.15, 0.2) is 4.99 Å². The second kappa shape index (κ2) is 13.7. The van der Waals surface area contributed by atoms with Gasteiger partial charge in [-0.15, -0.1) is 0 Å². The van der Waals surface area contributed by atoms with Gasteiger partial charge >= 0.3 is 6.03 Å². The topological polar surface area (TPSA) is 156 Å². The number of amides is 2. The maximum Gasteiger partial charge on any atom is 0.315 e. The van der Waals surface area contributed by atoms with Crippen LogP contribution in [0.5, 0.6) is 0 Å². The largest absolute Gasteiger partial charge is 0.665 e. The number of aliphatic imine (C=N–C) groups is 1. The Balaban J connectivity index is 0.00000420. The summed E-state index contributed by atoms with van der Waals surface area (Å²) in [6.45, 7) is 2.06. The zero-order chi connectivity index (χ0) is 20.5. The summed E-state index contributed by atoms with van der Waals surface area (Å²) in [5.41, 5.74) is 18.8. The predicted octanol–water partition coefficient (Wildman–Crippen LogP) is 1.80. The molecule has 7 N–H and O–H groups in total. The van der Waals surface area contributed by atoms with Crippen LogP contribution in [0.3, 0.4) is 0 Å². The first-order valence-electron chi connectivity index (χ1n) is 10.4. The van der Waals surface area contributed by atoms with Crippen molar-refractivity contribution in [3.05, 3.63) is 5.73 Å². The van der Waals surface area contributed by atoms with E-state index in [1.807, 2.05) is 0 Å². The minimum atomic E-state index is -0.803. The van der Waals surface area contributed by atoms with Gasteiger partial charge in [-0.25, -0.2) is 4.79 Å². The quantitative estimate of drug-likeness (QED) is 0.194. The molecule has 2 aliphatic carbocycles. The molecule has 0 aromatic carbocycles. The van der Waals surface area contributed by atoms with E-state index >= 15 is 0 Å². The molecular weight excluding hydrogens is 587 g/mol. The van der Waals surface area contributed by atoms with Crippen molar-refractivity contribution in [2.45, 2.75) is 88.9 Å². The number of esters is 1. The van der Waals surface area contributed by atoms with E-state index in [0.29, 0.717) is 18.9 Å². The normalized spacial score (nSPS) is 27.7. The van der Waals surface area contributed by atoms with Crippen molar-refractivity contribution in [3.63, 3.8) is 0 Å². The molecule has 2 aliphatic rings. The Hall–Kier alpha value is -0.588. The number of nitrogens with two attached hydrogens (primary N) is 2. The number of carbonyl (C=O) groups is 2. The minimum absolute atomic E-state index is 0. The summed E-state index contributed by atoms with van der Waals surface area (Å²) in [7, 11) is 0. The molecule has 29 heavy (non-hydrogen) atoms. The standard InChI is InChI=1S/C19H35N6O3.Ac/c1-2-28-17(26)16(20)10-12-6-8-13(9-7-12)24-19(27)25-15-5-3-4-14(11-15)23-18(21)22;/h12-16,20H,2-11H2,1H3,(H4,21,22,23)(H2,24,25,27);/q-1;. The van der Waals surface area contributed by atoms with Gasteiger partial charge in [0.15, 0.2) is 5.96 Å². The average Bonchev–Trinajstić information content (AvgIpc) is 2.63. The Kier molecular flexibility index (Phi) is 12.5. The van der Waals surface area contributed by atoms with Gasteiger partial charge in [-0.05, 0) is 70.3 Å². The molecule has 2 rings (SSSR count). The molecule has 2 fully saturated rings. The number of hydrogen-bond acceptors (Lipinski definition) is 4. The summed E-state index contributed by atoms with van der Waals surface area (Å²) < 4.78 is 4.91. The van der Waals surface area contributed by atoms with Crippen LogP contribution in [-0.4, -0.2) is 48.7 Å². The van der Waals surface area contributed by atoms with Crippen LogP contribution >= 0.6 is 0 Å². The van der Waals surface area contributed by atoms with Crippen LogP contribution in [0.4, 0.5) is 4.79 Å². The molecule has 163 valence electrons. The first kappa shape index (κ1) is 26.4. The SMILES string of the molecule is CCOC(=O)C([NH-])CC1CCC(NC(=O)NC2CCCC(N=C(N)N)C2)CC1.[Ac]. The monoisotopic (exact) mass is 622 g/mol. The third-order valence-corrected chi connectivity index (χ3v) is 5.64. The maximum atomic E-state index is 12.3. The average molecular weight is 623 g/mol. The van der Waals surface area contributed by atoms with Crippen LogP contribution in [0.1, 0.15) is 64.7 Å². The van der Waals surface area contributed by atoms with E-state index in [1.165, 1.54) is 0 Å². The summed E-state index contributed by atoms with van der Waals surface area (Å²) in [6.07, 6.45) is 7.74. The fourth-order valence-electron chi connectivity index (χ4n) is 4.25. The number of guanidine groups is 1. The molecule has 9 nitrogen and oxygen atoms in total. The molecular formula is C19H35AcN6O3-. The Morgan fingerprint density at radius 1 is 1.10 bits per heavy atom. The Labute approximate surface area is 209 Å². The van der Waals surface area contributed by atoms with Crippen molar-refractivity contribution in [2.24, 2.45) is 22.4 Å². The maximum absolute atomic E-state index is 12.3. The van der Waals surface area contributed by atoms with Crippen LogP contribution in [0.2, 0.25) is 0 Å². The van der Waals surface area contributed by atoms with Gasteiger partial charge in [-0.2, -0.15) is 0 Å². The van der Waals surface area contributed by atoms with Crippen LogP contribution in [0.25, 0.3) is 5.73 Å². The summed E-state index contributed by atoms with van der Waals surface area (Å²) >= 11 is 0. The Bertz CT molecular complexity index is 550. The molecule has 10 heteroatoms. The third kappa shape index (κ3) is 9.84. The van der Waals surface area contributed by atoms with Crippen molar-refractivity contribution >= 4 is 18.0 Å². The van der Waals surface area contributed by atoms with Gasteiger partial charge in [0.1, 0.15) is 0 Å². The number of ether oxygens (including phenoxy) is 1. The Morgan fingerprint density at radius 2 is 1.76 bits per heavy atom. The molecule has 0 aliphatic heterocycles. The number of nitrogens with zero attached hydrogens (tertiary/aromatic N) is 1. The number of nitrogens with one attached hydrogen (secondary N) is 3. The van der Waals surface area contributed by atoms with Gasteiger partial charge in [0, 0.05) is 56.1 Å². The minimum Gasteiger partial charge on any atom is -0.665 e. The predicted molar refractivity (Wildman–Crippen MR) is 109 cm³/mol. The second-order valence-corrected chi connectivity index (χ2v) is 7.95. The third-order valence-electron chi connectivity index (χ3n) is 5.64. The molecule has 0 heterocycles. The van der Waals surface area contributed by atoms with E-state index in [4.69, 9.17) is 21.9 Å². The first-order valence-corrected chi connectivity index (χ1v) is 10.4. The zero-order valence-corrected chi connectivity index (χ0v) is 22.1. The van der Waals surface area contributed by atoms with E-state index in [1.54, 1.807) is 6.92 Å². The molecule has 0 saturated heterocycles. The van der Waals surface area contributed by atoms with E-state index in [9.17, 15) is 9.59 Å². The van der Waals surface area contributed by atoms with E-state index in [-0.39, 0.29) is 74.2 Å². The van der Waals surface area contributed by atoms with Crippen molar-refractivity contribution in [1.82, 2.24) is 10.6 Å². The summed E-state index contributed by atoms with van der Waals surface area (Å²) in [6, 6.07) is -0.630. The first-order chi connectivity index (χ1) is 13.4. The Morgan fingerprint density at radius 3 is 2.38 bits per heavy atom. The van der Waals surface area contributed by atoms with Crippen LogP contribution in [0, 0.1) is 50.0 Å². The van der Waals surface area contributed by atoms with Crippen molar-refractivity contribution in [2.75, 3.05) is 6.61 Å². The fourth-order valence-corrected chi connectivity index (χ4v) is 4.25. The molecule has 3 unspecified atom stereocenters. The molecule has 2 saturated carbocycles. The van der Waals surface area contributed by atoms with Crippen LogP contribution in [-0.2, 0) is 9.53 Å². The van der Waals surface area contributed by atoms with Gasteiger partial charge in [-0.1, -0.05) is 6.42 Å². The molecule has 0 bridgehead atoms. The molecule has 0 aromatic heterocycles. The van der Waals surface area contributed by atoms with Crippen molar-refractivity contribution in [3.8, 4) is 0 Å². The molecule has 3 atom stereocenters. The summed E-state index contributed by atoms with van der Waals surface area (Å²) in [5.74, 6) is 0.00470. The van der Waals surface area contributed by atoms with Crippen molar-refractivity contribution in [1.29, 1.82) is 0 Å². The number of rotatable bonds is 7. The summed E-state index contributed by atoms with van der Waals surface area (Å²) in [4.78, 5) is 28.1. The van der Waals surface area contributed by atoms with Gasteiger partial charge in [-0.3, -0.25) is 9.79 Å². The number of hydrogen-bond donors (Lipinski definition) is 4. The second-order valence-electron chi connectivity index (χ2n) is 7.95. The van der Waals surface area contributed by atoms with E-state index < -0.39 is 12.0 Å². The van der Waals surface area contributed by atoms with E-state index in [0.717, 1.165) is 51.4 Å². The van der Waals surface area contributed by atoms with E-state index in [2.05, 4.69) is 15.6 Å². The molecule has 2 amide bonds. The van der Waals surface area contributed by atoms with Gasteiger partial charge in [0.05, 0.1) is 12.6 Å². The zero-order valence-electron chi connectivity index (χ0n) is 17.4. The molecule has 0 spiro atoms. The molecule has 1 radical (unpaired) electrons. The van der Waals surface area contributed by atoms with Gasteiger partial charge in [0.25, 0.3) is 5.97 Å². The summed E-state index contributed by atoms with van der Waals surface area (Å²) in [5, 5.41) is 6.11. The van der Waals surface area contributed by atoms with Gasteiger partial charge < -0.3 is 32.6 Å². The fraction of sp³-hybridized carbons (Fsp3) is 0.842.